The van der Waals surface area contributed by atoms with Crippen molar-refractivity contribution in [1.82, 2.24) is 5.43 Å². The quantitative estimate of drug-likeness (QED) is 0.108. The lowest BCUT2D eigenvalue weighted by atomic mass is 10.1. The Morgan fingerprint density at radius 1 is 0.946 bits per heavy atom. The highest BCUT2D eigenvalue weighted by Crippen LogP contribution is 2.26. The molecule has 0 saturated heterocycles. The van der Waals surface area contributed by atoms with Gasteiger partial charge >= 0.3 is 0 Å². The van der Waals surface area contributed by atoms with E-state index >= 15 is 0 Å². The molecule has 0 aliphatic rings. The Morgan fingerprint density at radius 2 is 1.59 bits per heavy atom. The number of aromatic hydroxyl groups is 2. The Balaban J connectivity index is 1.81. The second-order valence-electron chi connectivity index (χ2n) is 7.84. The molecule has 9 heteroatoms. The second kappa shape index (κ2) is 12.5. The van der Waals surface area contributed by atoms with E-state index in [1.807, 2.05) is 0 Å². The van der Waals surface area contributed by atoms with E-state index in [1.54, 1.807) is 54.6 Å². The van der Waals surface area contributed by atoms with E-state index in [-0.39, 0.29) is 40.7 Å². The number of phenolic OH excluding ortho intramolecular Hbond substituents is 2. The lowest BCUT2D eigenvalue weighted by Crippen LogP contribution is -2.20. The van der Waals surface area contributed by atoms with Crippen molar-refractivity contribution in [3.05, 3.63) is 95.1 Å². The van der Waals surface area contributed by atoms with Crippen molar-refractivity contribution in [2.75, 3.05) is 12.8 Å². The van der Waals surface area contributed by atoms with Crippen LogP contribution < -0.4 is 15.9 Å². The fourth-order valence-electron chi connectivity index (χ4n) is 3.15. The normalized spacial score (nSPS) is 11.5. The first-order chi connectivity index (χ1) is 17.8. The van der Waals surface area contributed by atoms with Crippen molar-refractivity contribution < 1.29 is 29.3 Å². The van der Waals surface area contributed by atoms with Gasteiger partial charge in [-0.3, -0.25) is 14.4 Å². The van der Waals surface area contributed by atoms with E-state index in [0.29, 0.717) is 28.7 Å². The van der Waals surface area contributed by atoms with Gasteiger partial charge in [0.2, 0.25) is 0 Å². The van der Waals surface area contributed by atoms with E-state index < -0.39 is 5.91 Å². The smallest absolute Gasteiger partial charge is 0.271 e. The number of anilines is 1. The first-order valence-corrected chi connectivity index (χ1v) is 11.1. The summed E-state index contributed by atoms with van der Waals surface area (Å²) in [4.78, 5) is 36.1. The molecule has 0 bridgehead atoms. The van der Waals surface area contributed by atoms with Gasteiger partial charge in [0.25, 0.3) is 5.91 Å². The number of ether oxygens (including phenoxy) is 1. The molecule has 0 heterocycles. The number of phenols is 2. The number of carbonyl (C=O) groups is 3. The summed E-state index contributed by atoms with van der Waals surface area (Å²) in [7, 11) is 1.43. The number of allylic oxidation sites excluding steroid dienone is 2. The number of rotatable bonds is 10. The number of nitrogens with two attached hydrogens (primary N) is 1. The molecule has 5 N–H and O–H groups in total. The first-order valence-electron chi connectivity index (χ1n) is 11.1. The van der Waals surface area contributed by atoms with Crippen molar-refractivity contribution >= 4 is 41.5 Å². The van der Waals surface area contributed by atoms with Crippen molar-refractivity contribution in [2.45, 2.75) is 6.42 Å². The molecule has 0 aromatic heterocycles. The van der Waals surface area contributed by atoms with Crippen LogP contribution in [0, 0.1) is 0 Å². The van der Waals surface area contributed by atoms with E-state index in [9.17, 15) is 24.6 Å². The zero-order valence-corrected chi connectivity index (χ0v) is 19.9. The molecule has 0 atom stereocenters. The third-order valence-electron chi connectivity index (χ3n) is 5.14. The summed E-state index contributed by atoms with van der Waals surface area (Å²) < 4.78 is 5.11. The van der Waals surface area contributed by atoms with Gasteiger partial charge in [-0.05, 0) is 71.8 Å². The number of ketones is 1. The van der Waals surface area contributed by atoms with Crippen LogP contribution in [0.1, 0.15) is 38.3 Å². The molecule has 0 saturated carbocycles. The van der Waals surface area contributed by atoms with E-state index in [0.717, 1.165) is 0 Å². The highest BCUT2D eigenvalue weighted by molar-refractivity contribution is 6.13. The van der Waals surface area contributed by atoms with Gasteiger partial charge in [-0.15, -0.1) is 0 Å². The van der Waals surface area contributed by atoms with Crippen LogP contribution in [-0.4, -0.2) is 41.0 Å². The van der Waals surface area contributed by atoms with Crippen molar-refractivity contribution in [1.29, 1.82) is 0 Å². The highest BCUT2D eigenvalue weighted by atomic mass is 16.5. The summed E-state index contributed by atoms with van der Waals surface area (Å²) in [5.41, 5.74) is 10.5. The van der Waals surface area contributed by atoms with Gasteiger partial charge < -0.3 is 20.7 Å². The maximum absolute atomic E-state index is 12.7. The van der Waals surface area contributed by atoms with Crippen molar-refractivity contribution in [3.63, 3.8) is 0 Å². The van der Waals surface area contributed by atoms with Gasteiger partial charge in [0.15, 0.2) is 23.6 Å². The summed E-state index contributed by atoms with van der Waals surface area (Å²) in [6.45, 7) is 0. The Hall–Kier alpha value is -5.18. The molecule has 0 unspecified atom stereocenters. The van der Waals surface area contributed by atoms with E-state index in [2.05, 4.69) is 10.5 Å². The first kappa shape index (κ1) is 26.4. The molecule has 188 valence electrons. The largest absolute Gasteiger partial charge is 0.507 e. The Bertz CT molecular complexity index is 1390. The van der Waals surface area contributed by atoms with Crippen LogP contribution in [0.2, 0.25) is 0 Å². The van der Waals surface area contributed by atoms with Crippen LogP contribution in [-0.2, 0) is 4.79 Å². The minimum atomic E-state index is -0.481. The fourth-order valence-corrected chi connectivity index (χ4v) is 3.15. The number of carbonyl (C=O) groups excluding carboxylic acids is 3. The van der Waals surface area contributed by atoms with Crippen LogP contribution in [0.4, 0.5) is 5.69 Å². The standard InChI is InChI=1S/C28H25N3O6/c1-37-27-15-19(5-13-26(27)35)2-10-23(30-31-28(36)20-6-8-22(29)9-7-20)16-24(33)11-3-18-4-12-25(34)21(14-18)17-32/h2-15,17,34-35H,16,29H2,1H3,(H,31,36)/b10-2+,11-3+,30-23+. The SMILES string of the molecule is COc1cc(/C=C/C(CC(=O)/C=C/c2ccc(O)c(C=O)c2)=N\NC(=O)c2ccc(N)cc2)ccc1O. The lowest BCUT2D eigenvalue weighted by molar-refractivity contribution is -0.113. The maximum atomic E-state index is 12.7. The molecule has 0 fully saturated rings. The molecular weight excluding hydrogens is 474 g/mol. The fraction of sp³-hybridized carbons (Fsp3) is 0.0714. The summed E-state index contributed by atoms with van der Waals surface area (Å²) >= 11 is 0. The molecule has 0 radical (unpaired) electrons. The monoisotopic (exact) mass is 499 g/mol. The topological polar surface area (TPSA) is 151 Å². The molecule has 0 aliphatic carbocycles. The van der Waals surface area contributed by atoms with E-state index in [4.69, 9.17) is 10.5 Å². The van der Waals surface area contributed by atoms with E-state index in [1.165, 1.54) is 37.5 Å². The Morgan fingerprint density at radius 3 is 2.27 bits per heavy atom. The number of amides is 1. The van der Waals surface area contributed by atoms with Gasteiger partial charge in [-0.1, -0.05) is 24.3 Å². The number of benzene rings is 3. The van der Waals surface area contributed by atoms with Crippen molar-refractivity contribution in [3.8, 4) is 17.2 Å². The zero-order chi connectivity index (χ0) is 26.8. The molecule has 37 heavy (non-hydrogen) atoms. The van der Waals surface area contributed by atoms with Gasteiger partial charge in [0.05, 0.1) is 24.8 Å². The second-order valence-corrected chi connectivity index (χ2v) is 7.84. The number of nitrogen functional groups attached to an aromatic ring is 1. The number of nitrogens with zero attached hydrogens (tertiary/aromatic N) is 1. The minimum absolute atomic E-state index is 0.0171. The number of nitrogens with one attached hydrogen (secondary N) is 1. The van der Waals surface area contributed by atoms with Crippen LogP contribution in [0.25, 0.3) is 12.2 Å². The molecule has 0 spiro atoms. The zero-order valence-electron chi connectivity index (χ0n) is 19.9. The van der Waals surface area contributed by atoms with Crippen LogP contribution in [0.5, 0.6) is 17.2 Å². The van der Waals surface area contributed by atoms with Gasteiger partial charge in [-0.2, -0.15) is 5.10 Å². The highest BCUT2D eigenvalue weighted by Gasteiger charge is 2.08. The minimum Gasteiger partial charge on any atom is -0.507 e. The average molecular weight is 500 g/mol. The molecule has 1 amide bonds. The number of aldehydes is 1. The Kier molecular flexibility index (Phi) is 8.93. The number of hydrogen-bond donors (Lipinski definition) is 4. The summed E-state index contributed by atoms with van der Waals surface area (Å²) in [5, 5.41) is 23.5. The lowest BCUT2D eigenvalue weighted by Gasteiger charge is -2.05. The average Bonchev–Trinajstić information content (AvgIpc) is 2.90. The number of hydrazone groups is 1. The van der Waals surface area contributed by atoms with Crippen LogP contribution in [0.15, 0.2) is 77.9 Å². The molecular formula is C28H25N3O6. The predicted molar refractivity (Wildman–Crippen MR) is 142 cm³/mol. The Labute approximate surface area is 213 Å². The molecule has 9 nitrogen and oxygen atoms in total. The number of hydrogen-bond acceptors (Lipinski definition) is 8. The van der Waals surface area contributed by atoms with Crippen molar-refractivity contribution in [2.24, 2.45) is 5.10 Å². The maximum Gasteiger partial charge on any atom is 0.271 e. The van der Waals surface area contributed by atoms with Gasteiger partial charge in [0.1, 0.15) is 5.75 Å². The summed E-state index contributed by atoms with van der Waals surface area (Å²) in [6, 6.07) is 15.4. The number of methoxy groups -OCH3 is 1. The molecule has 0 aliphatic heterocycles. The molecule has 3 aromatic rings. The van der Waals surface area contributed by atoms with Gasteiger partial charge in [0, 0.05) is 11.3 Å². The third kappa shape index (κ3) is 7.66. The molecule has 3 rings (SSSR count). The van der Waals surface area contributed by atoms with Crippen LogP contribution >= 0.6 is 0 Å². The predicted octanol–water partition coefficient (Wildman–Crippen LogP) is 3.97. The summed E-state index contributed by atoms with van der Waals surface area (Å²) in [5.74, 6) is -0.697. The molecule has 3 aromatic carbocycles. The van der Waals surface area contributed by atoms with Gasteiger partial charge in [-0.25, -0.2) is 5.43 Å². The third-order valence-corrected chi connectivity index (χ3v) is 5.14. The summed E-state index contributed by atoms with van der Waals surface area (Å²) in [6.07, 6.45) is 6.41. The van der Waals surface area contributed by atoms with Crippen LogP contribution in [0.3, 0.4) is 0 Å².